The van der Waals surface area contributed by atoms with Crippen LogP contribution >= 0.6 is 0 Å². The Kier molecular flexibility index (Phi) is 4.58. The average Bonchev–Trinajstić information content (AvgIpc) is 2.52. The van der Waals surface area contributed by atoms with Crippen LogP contribution in [-0.4, -0.2) is 31.5 Å². The van der Waals surface area contributed by atoms with Crippen molar-refractivity contribution in [3.8, 4) is 0 Å². The Bertz CT molecular complexity index is 345. The Morgan fingerprint density at radius 2 is 2.05 bits per heavy atom. The zero-order valence-electron chi connectivity index (χ0n) is 13.0. The predicted octanol–water partition coefficient (Wildman–Crippen LogP) is 3.91. The molecule has 110 valence electrons. The van der Waals surface area contributed by atoms with E-state index in [0.29, 0.717) is 12.5 Å². The fraction of sp³-hybridized carbons (Fsp3) is 0.875. The highest BCUT2D eigenvalue weighted by atomic mass is 28.3. The molecule has 0 saturated heterocycles. The smallest absolute Gasteiger partial charge is 0.0972 e. The Balaban J connectivity index is 2.28. The number of fused-ring (bicyclic) bond motifs is 1. The van der Waals surface area contributed by atoms with E-state index in [1.165, 1.54) is 12.8 Å². The summed E-state index contributed by atoms with van der Waals surface area (Å²) in [6.07, 6.45) is 6.68. The van der Waals surface area contributed by atoms with Gasteiger partial charge >= 0.3 is 0 Å². The van der Waals surface area contributed by atoms with E-state index in [1.54, 1.807) is 5.57 Å². The SMILES string of the molecule is CCO[C@@H]1CC[C@H]2/C(=C\[Si](C)(C)C)CCCC[C@]12O. The fourth-order valence-corrected chi connectivity index (χ4v) is 5.41. The normalized spacial score (nSPS) is 38.3. The summed E-state index contributed by atoms with van der Waals surface area (Å²) in [6.45, 7) is 9.91. The van der Waals surface area contributed by atoms with Crippen LogP contribution in [0.3, 0.4) is 0 Å². The summed E-state index contributed by atoms with van der Waals surface area (Å²) in [5.74, 6) is 0.360. The lowest BCUT2D eigenvalue weighted by Crippen LogP contribution is -2.44. The van der Waals surface area contributed by atoms with E-state index in [1.807, 2.05) is 6.92 Å². The summed E-state index contributed by atoms with van der Waals surface area (Å²) in [6, 6.07) is 0. The third-order valence-electron chi connectivity index (χ3n) is 4.61. The second-order valence-electron chi connectivity index (χ2n) is 7.36. The van der Waals surface area contributed by atoms with Gasteiger partial charge in [0.25, 0.3) is 0 Å². The molecule has 0 spiro atoms. The van der Waals surface area contributed by atoms with Gasteiger partial charge in [-0.25, -0.2) is 0 Å². The molecule has 2 nitrogen and oxygen atoms in total. The molecule has 2 rings (SSSR count). The standard InChI is InChI=1S/C16H30O2Si/c1-5-18-15-10-9-14-13(12-19(2,3)4)8-6-7-11-16(14,15)17/h12,14-15,17H,5-11H2,1-4H3/b13-12-/t14-,15+,16+/m0/s1. The Labute approximate surface area is 119 Å². The molecule has 3 heteroatoms. The van der Waals surface area contributed by atoms with Crippen molar-refractivity contribution < 1.29 is 9.84 Å². The van der Waals surface area contributed by atoms with E-state index in [0.717, 1.165) is 25.7 Å². The van der Waals surface area contributed by atoms with E-state index in [4.69, 9.17) is 4.74 Å². The van der Waals surface area contributed by atoms with E-state index >= 15 is 0 Å². The molecule has 0 aromatic rings. The predicted molar refractivity (Wildman–Crippen MR) is 83.0 cm³/mol. The first-order chi connectivity index (χ1) is 8.87. The second kappa shape index (κ2) is 5.70. The van der Waals surface area contributed by atoms with Crippen molar-refractivity contribution in [1.29, 1.82) is 0 Å². The minimum absolute atomic E-state index is 0.0608. The summed E-state index contributed by atoms with van der Waals surface area (Å²) in [7, 11) is -1.21. The number of ether oxygens (including phenoxy) is 1. The first-order valence-electron chi connectivity index (χ1n) is 7.92. The van der Waals surface area contributed by atoms with Crippen LogP contribution in [-0.2, 0) is 4.74 Å². The molecule has 19 heavy (non-hydrogen) atoms. The van der Waals surface area contributed by atoms with Crippen LogP contribution in [0.1, 0.15) is 45.4 Å². The molecule has 0 bridgehead atoms. The lowest BCUT2D eigenvalue weighted by molar-refractivity contribution is -0.105. The molecule has 3 atom stereocenters. The van der Waals surface area contributed by atoms with Crippen LogP contribution in [0.25, 0.3) is 0 Å². The Hall–Kier alpha value is -0.123. The van der Waals surface area contributed by atoms with Gasteiger partial charge in [-0.05, 0) is 39.0 Å². The molecule has 0 heterocycles. The lowest BCUT2D eigenvalue weighted by Gasteiger charge is -2.35. The minimum Gasteiger partial charge on any atom is -0.387 e. The van der Waals surface area contributed by atoms with Gasteiger partial charge in [0.15, 0.2) is 0 Å². The van der Waals surface area contributed by atoms with Crippen molar-refractivity contribution in [2.45, 2.75) is 76.8 Å². The Morgan fingerprint density at radius 3 is 2.68 bits per heavy atom. The molecule has 0 aliphatic heterocycles. The van der Waals surface area contributed by atoms with Crippen molar-refractivity contribution in [3.05, 3.63) is 11.3 Å². The number of hydrogen-bond donors (Lipinski definition) is 1. The molecule has 2 saturated carbocycles. The molecule has 0 unspecified atom stereocenters. The van der Waals surface area contributed by atoms with Crippen LogP contribution in [0, 0.1) is 5.92 Å². The molecule has 0 aromatic carbocycles. The number of rotatable bonds is 3. The highest BCUT2D eigenvalue weighted by Gasteiger charge is 2.51. The maximum atomic E-state index is 11.2. The summed E-state index contributed by atoms with van der Waals surface area (Å²) < 4.78 is 5.84. The van der Waals surface area contributed by atoms with Crippen molar-refractivity contribution in [3.63, 3.8) is 0 Å². The number of hydrogen-bond acceptors (Lipinski definition) is 2. The first-order valence-corrected chi connectivity index (χ1v) is 11.5. The zero-order valence-corrected chi connectivity index (χ0v) is 14.0. The fourth-order valence-electron chi connectivity index (χ4n) is 3.95. The molecule has 2 fully saturated rings. The number of aliphatic hydroxyl groups is 1. The topological polar surface area (TPSA) is 29.5 Å². The van der Waals surface area contributed by atoms with Gasteiger partial charge in [0.05, 0.1) is 19.8 Å². The summed E-state index contributed by atoms with van der Waals surface area (Å²) >= 11 is 0. The quantitative estimate of drug-likeness (QED) is 0.795. The first kappa shape index (κ1) is 15.3. The zero-order chi connectivity index (χ0) is 14.1. The van der Waals surface area contributed by atoms with Crippen LogP contribution in [0.5, 0.6) is 0 Å². The van der Waals surface area contributed by atoms with Crippen molar-refractivity contribution in [1.82, 2.24) is 0 Å². The van der Waals surface area contributed by atoms with Crippen LogP contribution in [0.2, 0.25) is 19.6 Å². The molecule has 0 radical (unpaired) electrons. The highest BCUT2D eigenvalue weighted by molar-refractivity contribution is 6.81. The van der Waals surface area contributed by atoms with Gasteiger partial charge in [-0.3, -0.25) is 0 Å². The summed E-state index contributed by atoms with van der Waals surface area (Å²) in [4.78, 5) is 0. The van der Waals surface area contributed by atoms with Gasteiger partial charge in [-0.2, -0.15) is 0 Å². The lowest BCUT2D eigenvalue weighted by atomic mass is 9.83. The summed E-state index contributed by atoms with van der Waals surface area (Å²) in [5, 5.41) is 11.2. The van der Waals surface area contributed by atoms with Gasteiger partial charge in [-0.15, -0.1) is 0 Å². The maximum absolute atomic E-state index is 11.2. The molecule has 0 amide bonds. The van der Waals surface area contributed by atoms with Gasteiger partial charge in [0.2, 0.25) is 0 Å². The van der Waals surface area contributed by atoms with Crippen molar-refractivity contribution in [2.24, 2.45) is 5.92 Å². The van der Waals surface area contributed by atoms with Crippen LogP contribution < -0.4 is 0 Å². The second-order valence-corrected chi connectivity index (χ2v) is 12.4. The van der Waals surface area contributed by atoms with Gasteiger partial charge in [0, 0.05) is 12.5 Å². The molecule has 1 N–H and O–H groups in total. The average molecular weight is 282 g/mol. The van der Waals surface area contributed by atoms with Gasteiger partial charge in [0.1, 0.15) is 0 Å². The maximum Gasteiger partial charge on any atom is 0.0972 e. The highest BCUT2D eigenvalue weighted by Crippen LogP contribution is 2.48. The third-order valence-corrected chi connectivity index (χ3v) is 5.84. The monoisotopic (exact) mass is 282 g/mol. The minimum atomic E-state index is -1.21. The molecule has 2 aliphatic rings. The molecular formula is C16H30O2Si. The van der Waals surface area contributed by atoms with Crippen LogP contribution in [0.15, 0.2) is 11.3 Å². The van der Waals surface area contributed by atoms with E-state index in [2.05, 4.69) is 25.3 Å². The van der Waals surface area contributed by atoms with E-state index < -0.39 is 13.7 Å². The molecule has 2 aliphatic carbocycles. The third kappa shape index (κ3) is 3.31. The largest absolute Gasteiger partial charge is 0.387 e. The molecule has 0 aromatic heterocycles. The van der Waals surface area contributed by atoms with Gasteiger partial charge < -0.3 is 9.84 Å². The van der Waals surface area contributed by atoms with Crippen molar-refractivity contribution >= 4 is 8.07 Å². The summed E-state index contributed by atoms with van der Waals surface area (Å²) in [5.41, 5.74) is 3.50. The van der Waals surface area contributed by atoms with Crippen LogP contribution in [0.4, 0.5) is 0 Å². The Morgan fingerprint density at radius 1 is 1.32 bits per heavy atom. The molecular weight excluding hydrogens is 252 g/mol. The van der Waals surface area contributed by atoms with Gasteiger partial charge in [-0.1, -0.05) is 37.3 Å². The van der Waals surface area contributed by atoms with Crippen molar-refractivity contribution in [2.75, 3.05) is 6.61 Å². The van der Waals surface area contributed by atoms with E-state index in [-0.39, 0.29) is 6.10 Å². The van der Waals surface area contributed by atoms with E-state index in [9.17, 15) is 5.11 Å².